The third-order valence-electron chi connectivity index (χ3n) is 3.57. The fourth-order valence-corrected chi connectivity index (χ4v) is 3.01. The summed E-state index contributed by atoms with van der Waals surface area (Å²) in [4.78, 5) is 12.4. The second-order valence-electron chi connectivity index (χ2n) is 5.88. The van der Waals surface area contributed by atoms with E-state index >= 15 is 0 Å². The molecule has 0 fully saturated rings. The van der Waals surface area contributed by atoms with Gasteiger partial charge in [-0.3, -0.25) is 4.79 Å². The summed E-state index contributed by atoms with van der Waals surface area (Å²) in [5.41, 5.74) is 1.55. The molecule has 2 rings (SSSR count). The summed E-state index contributed by atoms with van der Waals surface area (Å²) in [5, 5.41) is 2.71. The highest BCUT2D eigenvalue weighted by molar-refractivity contribution is 7.89. The Morgan fingerprint density at radius 3 is 2.32 bits per heavy atom. The molecule has 6 nitrogen and oxygen atoms in total. The molecule has 25 heavy (non-hydrogen) atoms. The molecule has 0 saturated carbocycles. The van der Waals surface area contributed by atoms with Crippen molar-refractivity contribution in [3.05, 3.63) is 54.1 Å². The van der Waals surface area contributed by atoms with E-state index in [-0.39, 0.29) is 10.8 Å². The molecule has 0 aliphatic carbocycles. The van der Waals surface area contributed by atoms with E-state index in [1.54, 1.807) is 25.1 Å². The minimum Gasteiger partial charge on any atom is -0.481 e. The highest BCUT2D eigenvalue weighted by Gasteiger charge is 2.18. The molecule has 0 unspecified atom stereocenters. The number of rotatable bonds is 6. The molecule has 134 valence electrons. The van der Waals surface area contributed by atoms with Crippen LogP contribution in [0.25, 0.3) is 0 Å². The number of carbonyl (C=O) groups excluding carboxylic acids is 1. The van der Waals surface area contributed by atoms with Gasteiger partial charge in [0.25, 0.3) is 5.91 Å². The van der Waals surface area contributed by atoms with E-state index in [9.17, 15) is 13.2 Å². The molecule has 0 aliphatic rings. The van der Waals surface area contributed by atoms with Gasteiger partial charge in [-0.2, -0.15) is 0 Å². The van der Waals surface area contributed by atoms with Gasteiger partial charge in [-0.05, 0) is 55.8 Å². The Bertz CT molecular complexity index is 846. The van der Waals surface area contributed by atoms with Gasteiger partial charge in [-0.25, -0.2) is 12.7 Å². The molecule has 1 amide bonds. The van der Waals surface area contributed by atoms with Crippen LogP contribution >= 0.6 is 0 Å². The number of carbonyl (C=O) groups is 1. The van der Waals surface area contributed by atoms with Crippen LogP contribution in [0.5, 0.6) is 5.75 Å². The van der Waals surface area contributed by atoms with Gasteiger partial charge in [0, 0.05) is 19.8 Å². The maximum absolute atomic E-state index is 12.2. The molecule has 0 spiro atoms. The van der Waals surface area contributed by atoms with Gasteiger partial charge in [0.05, 0.1) is 4.90 Å². The lowest BCUT2D eigenvalue weighted by molar-refractivity contribution is -0.122. The van der Waals surface area contributed by atoms with E-state index < -0.39 is 16.1 Å². The number of hydrogen-bond donors (Lipinski definition) is 1. The van der Waals surface area contributed by atoms with Crippen LogP contribution in [0.15, 0.2) is 53.4 Å². The standard InChI is InChI=1S/C18H22N2O4S/c1-13-6-5-7-16(12-13)24-14(2)18(21)19-15-8-10-17(11-9-15)25(22,23)20(3)4/h5-12,14H,1-4H3,(H,19,21)/t14-/m1/s1. The van der Waals surface area contributed by atoms with Gasteiger partial charge >= 0.3 is 0 Å². The van der Waals surface area contributed by atoms with Gasteiger partial charge in [0.1, 0.15) is 5.75 Å². The normalized spacial score (nSPS) is 12.7. The van der Waals surface area contributed by atoms with Crippen molar-refractivity contribution in [3.63, 3.8) is 0 Å². The van der Waals surface area contributed by atoms with Crippen LogP contribution in [0.1, 0.15) is 12.5 Å². The summed E-state index contributed by atoms with van der Waals surface area (Å²) >= 11 is 0. The number of benzene rings is 2. The zero-order valence-corrected chi connectivity index (χ0v) is 15.5. The van der Waals surface area contributed by atoms with Crippen molar-refractivity contribution in [1.29, 1.82) is 0 Å². The Kier molecular flexibility index (Phi) is 5.81. The topological polar surface area (TPSA) is 75.7 Å². The number of aryl methyl sites for hydroxylation is 1. The van der Waals surface area contributed by atoms with Crippen LogP contribution < -0.4 is 10.1 Å². The molecule has 2 aromatic carbocycles. The first-order chi connectivity index (χ1) is 11.7. The summed E-state index contributed by atoms with van der Waals surface area (Å²) in [5.74, 6) is 0.305. The van der Waals surface area contributed by atoms with Crippen LogP contribution in [0.2, 0.25) is 0 Å². The van der Waals surface area contributed by atoms with E-state index in [2.05, 4.69) is 5.32 Å². The number of hydrogen-bond acceptors (Lipinski definition) is 4. The summed E-state index contributed by atoms with van der Waals surface area (Å²) in [6, 6.07) is 13.5. The quantitative estimate of drug-likeness (QED) is 0.857. The van der Waals surface area contributed by atoms with E-state index in [1.165, 1.54) is 26.2 Å². The molecule has 0 radical (unpaired) electrons. The second kappa shape index (κ2) is 7.67. The molecule has 1 atom stereocenters. The minimum absolute atomic E-state index is 0.166. The zero-order chi connectivity index (χ0) is 18.6. The molecular weight excluding hydrogens is 340 g/mol. The first kappa shape index (κ1) is 19.0. The largest absolute Gasteiger partial charge is 0.481 e. The number of sulfonamides is 1. The molecule has 7 heteroatoms. The van der Waals surface area contributed by atoms with Crippen LogP contribution in [0.3, 0.4) is 0 Å². The highest BCUT2D eigenvalue weighted by Crippen LogP contribution is 2.18. The lowest BCUT2D eigenvalue weighted by Gasteiger charge is -2.15. The van der Waals surface area contributed by atoms with E-state index in [0.717, 1.165) is 9.87 Å². The molecule has 0 aliphatic heterocycles. The maximum atomic E-state index is 12.2. The molecule has 1 N–H and O–H groups in total. The lowest BCUT2D eigenvalue weighted by Crippen LogP contribution is -2.30. The fourth-order valence-electron chi connectivity index (χ4n) is 2.11. The summed E-state index contributed by atoms with van der Waals surface area (Å²) in [6.45, 7) is 3.60. The molecule has 0 bridgehead atoms. The summed E-state index contributed by atoms with van der Waals surface area (Å²) in [6.07, 6.45) is -0.688. The van der Waals surface area contributed by atoms with Gasteiger partial charge in [0.2, 0.25) is 10.0 Å². The summed E-state index contributed by atoms with van der Waals surface area (Å²) < 4.78 is 30.8. The Morgan fingerprint density at radius 1 is 1.12 bits per heavy atom. The maximum Gasteiger partial charge on any atom is 0.265 e. The molecule has 0 heterocycles. The first-order valence-corrected chi connectivity index (χ1v) is 9.21. The van der Waals surface area contributed by atoms with Crippen molar-refractivity contribution >= 4 is 21.6 Å². The van der Waals surface area contributed by atoms with Crippen molar-refractivity contribution in [2.75, 3.05) is 19.4 Å². The Labute approximate surface area is 148 Å². The average Bonchev–Trinajstić information content (AvgIpc) is 2.55. The van der Waals surface area contributed by atoms with Gasteiger partial charge in [-0.15, -0.1) is 0 Å². The van der Waals surface area contributed by atoms with Crippen LogP contribution in [-0.4, -0.2) is 38.8 Å². The van der Waals surface area contributed by atoms with Gasteiger partial charge < -0.3 is 10.1 Å². The Balaban J connectivity index is 2.03. The smallest absolute Gasteiger partial charge is 0.265 e. The third kappa shape index (κ3) is 4.80. The van der Waals surface area contributed by atoms with Crippen LogP contribution in [0, 0.1) is 6.92 Å². The number of anilines is 1. The predicted octanol–water partition coefficient (Wildman–Crippen LogP) is 2.65. The minimum atomic E-state index is -3.49. The lowest BCUT2D eigenvalue weighted by atomic mass is 10.2. The molecule has 0 aromatic heterocycles. The van der Waals surface area contributed by atoms with Crippen molar-refractivity contribution in [1.82, 2.24) is 4.31 Å². The zero-order valence-electron chi connectivity index (χ0n) is 14.7. The van der Waals surface area contributed by atoms with E-state index in [0.29, 0.717) is 11.4 Å². The first-order valence-electron chi connectivity index (χ1n) is 7.77. The fraction of sp³-hybridized carbons (Fsp3) is 0.278. The second-order valence-corrected chi connectivity index (χ2v) is 8.03. The Morgan fingerprint density at radius 2 is 1.76 bits per heavy atom. The molecular formula is C18H22N2O4S. The molecule has 2 aromatic rings. The van der Waals surface area contributed by atoms with Crippen LogP contribution in [0.4, 0.5) is 5.69 Å². The SMILES string of the molecule is Cc1cccc(O[C@H](C)C(=O)Nc2ccc(S(=O)(=O)N(C)C)cc2)c1. The van der Waals surface area contributed by atoms with Crippen molar-refractivity contribution in [2.45, 2.75) is 24.8 Å². The summed E-state index contributed by atoms with van der Waals surface area (Å²) in [7, 11) is -0.552. The Hall–Kier alpha value is -2.38. The van der Waals surface area contributed by atoms with Gasteiger partial charge in [0.15, 0.2) is 6.10 Å². The van der Waals surface area contributed by atoms with Gasteiger partial charge in [-0.1, -0.05) is 12.1 Å². The number of amides is 1. The predicted molar refractivity (Wildman–Crippen MR) is 97.2 cm³/mol. The van der Waals surface area contributed by atoms with Crippen molar-refractivity contribution < 1.29 is 17.9 Å². The number of nitrogens with zero attached hydrogens (tertiary/aromatic N) is 1. The van der Waals surface area contributed by atoms with Crippen molar-refractivity contribution in [3.8, 4) is 5.75 Å². The molecule has 0 saturated heterocycles. The van der Waals surface area contributed by atoms with Crippen LogP contribution in [-0.2, 0) is 14.8 Å². The van der Waals surface area contributed by atoms with E-state index in [1.807, 2.05) is 25.1 Å². The average molecular weight is 362 g/mol. The van der Waals surface area contributed by atoms with Crippen molar-refractivity contribution in [2.24, 2.45) is 0 Å². The van der Waals surface area contributed by atoms with E-state index in [4.69, 9.17) is 4.74 Å². The third-order valence-corrected chi connectivity index (χ3v) is 5.40. The number of ether oxygens (including phenoxy) is 1. The highest BCUT2D eigenvalue weighted by atomic mass is 32.2. The number of nitrogens with one attached hydrogen (secondary N) is 1. The monoisotopic (exact) mass is 362 g/mol.